The van der Waals surface area contributed by atoms with E-state index in [9.17, 15) is 9.00 Å². The van der Waals surface area contributed by atoms with Crippen molar-refractivity contribution < 1.29 is 13.7 Å². The van der Waals surface area contributed by atoms with Crippen molar-refractivity contribution in [3.05, 3.63) is 15.9 Å². The van der Waals surface area contributed by atoms with Crippen molar-refractivity contribution in [3.63, 3.8) is 0 Å². The number of aryl methyl sites for hydroxylation is 2. The molecule has 0 aromatic carbocycles. The second kappa shape index (κ2) is 6.47. The zero-order valence-electron chi connectivity index (χ0n) is 10.9. The van der Waals surface area contributed by atoms with E-state index in [1.807, 2.05) is 14.0 Å². The highest BCUT2D eigenvalue weighted by molar-refractivity contribution is 9.10. The van der Waals surface area contributed by atoms with Crippen LogP contribution in [0.1, 0.15) is 18.3 Å². The van der Waals surface area contributed by atoms with E-state index in [-0.39, 0.29) is 11.9 Å². The first-order valence-electron chi connectivity index (χ1n) is 5.47. The Morgan fingerprint density at radius 2 is 2.22 bits per heavy atom. The Kier molecular flexibility index (Phi) is 5.52. The van der Waals surface area contributed by atoms with Gasteiger partial charge in [-0.25, -0.2) is 0 Å². The van der Waals surface area contributed by atoms with E-state index in [0.29, 0.717) is 11.5 Å². The molecule has 0 spiro atoms. The number of carbonyl (C=O) groups excluding carboxylic acids is 1. The van der Waals surface area contributed by atoms with Crippen molar-refractivity contribution in [1.82, 2.24) is 9.78 Å². The van der Waals surface area contributed by atoms with E-state index >= 15 is 0 Å². The zero-order valence-corrected chi connectivity index (χ0v) is 13.3. The Morgan fingerprint density at radius 1 is 1.61 bits per heavy atom. The van der Waals surface area contributed by atoms with Crippen molar-refractivity contribution >= 4 is 32.7 Å². The highest BCUT2D eigenvalue weighted by atomic mass is 79.9. The quantitative estimate of drug-likeness (QED) is 0.765. The molecule has 2 unspecified atom stereocenters. The molecule has 1 aromatic heterocycles. The molecule has 0 aliphatic rings. The van der Waals surface area contributed by atoms with Crippen molar-refractivity contribution in [2.75, 3.05) is 12.9 Å². The van der Waals surface area contributed by atoms with Gasteiger partial charge in [0.05, 0.1) is 34.6 Å². The third kappa shape index (κ3) is 3.65. The number of esters is 1. The van der Waals surface area contributed by atoms with E-state index in [2.05, 4.69) is 25.8 Å². The summed E-state index contributed by atoms with van der Waals surface area (Å²) in [5.41, 5.74) is 1.74. The molecule has 5 nitrogen and oxygen atoms in total. The minimum Gasteiger partial charge on any atom is -0.469 e. The molecule has 0 saturated carbocycles. The number of rotatable bonds is 5. The van der Waals surface area contributed by atoms with Gasteiger partial charge >= 0.3 is 5.97 Å². The van der Waals surface area contributed by atoms with Gasteiger partial charge in [-0.15, -0.1) is 0 Å². The van der Waals surface area contributed by atoms with Gasteiger partial charge in [0.15, 0.2) is 0 Å². The molecule has 0 aliphatic heterocycles. The predicted octanol–water partition coefficient (Wildman–Crippen LogP) is 1.55. The maximum atomic E-state index is 12.0. The summed E-state index contributed by atoms with van der Waals surface area (Å²) in [4.78, 5) is 11.3. The highest BCUT2D eigenvalue weighted by Crippen LogP contribution is 2.21. The molecule has 102 valence electrons. The summed E-state index contributed by atoms with van der Waals surface area (Å²) in [5.74, 6) is -0.0182. The van der Waals surface area contributed by atoms with E-state index in [1.165, 1.54) is 7.11 Å². The molecule has 1 aromatic rings. The number of halogens is 1. The second-order valence-corrected chi connectivity index (χ2v) is 6.44. The number of aromatic nitrogens is 2. The standard InChI is InChI=1S/C11H17BrN2O3S/c1-7(11(15)17-4)5-18(16)6-9-10(12)8(2)13-14(9)3/h7H,5-6H2,1-4H3. The van der Waals surface area contributed by atoms with Gasteiger partial charge in [-0.05, 0) is 22.9 Å². The maximum Gasteiger partial charge on any atom is 0.309 e. The molecule has 7 heteroatoms. The molecular formula is C11H17BrN2O3S. The highest BCUT2D eigenvalue weighted by Gasteiger charge is 2.19. The first-order chi connectivity index (χ1) is 8.36. The van der Waals surface area contributed by atoms with Crippen LogP contribution in [0.3, 0.4) is 0 Å². The van der Waals surface area contributed by atoms with Crippen molar-refractivity contribution in [3.8, 4) is 0 Å². The Hall–Kier alpha value is -0.690. The summed E-state index contributed by atoms with van der Waals surface area (Å²) in [5, 5.41) is 4.24. The van der Waals surface area contributed by atoms with Crippen molar-refractivity contribution in [2.45, 2.75) is 19.6 Å². The van der Waals surface area contributed by atoms with Crippen LogP contribution in [0, 0.1) is 12.8 Å². The molecule has 1 rings (SSSR count). The largest absolute Gasteiger partial charge is 0.469 e. The lowest BCUT2D eigenvalue weighted by molar-refractivity contribution is -0.144. The lowest BCUT2D eigenvalue weighted by Crippen LogP contribution is -2.20. The molecule has 0 fully saturated rings. The molecule has 18 heavy (non-hydrogen) atoms. The monoisotopic (exact) mass is 336 g/mol. The fraction of sp³-hybridized carbons (Fsp3) is 0.636. The fourth-order valence-electron chi connectivity index (χ4n) is 1.60. The van der Waals surface area contributed by atoms with Crippen molar-refractivity contribution in [2.24, 2.45) is 13.0 Å². The normalized spacial score (nSPS) is 14.3. The fourth-order valence-corrected chi connectivity index (χ4v) is 3.71. The lowest BCUT2D eigenvalue weighted by Gasteiger charge is -2.09. The van der Waals surface area contributed by atoms with Crippen LogP contribution in [0.2, 0.25) is 0 Å². The number of carbonyl (C=O) groups is 1. The van der Waals surface area contributed by atoms with Gasteiger partial charge in [0.25, 0.3) is 0 Å². The second-order valence-electron chi connectivity index (χ2n) is 4.14. The molecule has 0 N–H and O–H groups in total. The SMILES string of the molecule is COC(=O)C(C)CS(=O)Cc1c(Br)c(C)nn1C. The Balaban J connectivity index is 2.68. The topological polar surface area (TPSA) is 61.2 Å². The van der Waals surface area contributed by atoms with Gasteiger partial charge in [0.1, 0.15) is 0 Å². The third-order valence-corrected chi connectivity index (χ3v) is 5.10. The lowest BCUT2D eigenvalue weighted by atomic mass is 10.2. The number of nitrogens with zero attached hydrogens (tertiary/aromatic N) is 2. The molecule has 0 saturated heterocycles. The molecule has 1 heterocycles. The van der Waals surface area contributed by atoms with Crippen LogP contribution in [0.25, 0.3) is 0 Å². The Labute approximate surface area is 117 Å². The average Bonchev–Trinajstić information content (AvgIpc) is 2.54. The minimum atomic E-state index is -1.12. The van der Waals surface area contributed by atoms with Gasteiger partial charge < -0.3 is 4.74 Å². The molecule has 2 atom stereocenters. The first-order valence-corrected chi connectivity index (χ1v) is 7.75. The number of hydrogen-bond acceptors (Lipinski definition) is 4. The number of ether oxygens (including phenoxy) is 1. The summed E-state index contributed by atoms with van der Waals surface area (Å²) >= 11 is 3.43. The summed E-state index contributed by atoms with van der Waals surface area (Å²) in [6, 6.07) is 0. The molecule has 0 radical (unpaired) electrons. The van der Waals surface area contributed by atoms with Gasteiger partial charge in [-0.2, -0.15) is 5.10 Å². The van der Waals surface area contributed by atoms with Gasteiger partial charge in [-0.3, -0.25) is 13.7 Å². The van der Waals surface area contributed by atoms with Crippen LogP contribution in [-0.4, -0.2) is 32.8 Å². The molecule has 0 bridgehead atoms. The average molecular weight is 337 g/mol. The zero-order chi connectivity index (χ0) is 13.9. The Morgan fingerprint density at radius 3 is 2.67 bits per heavy atom. The van der Waals surface area contributed by atoms with Gasteiger partial charge in [-0.1, -0.05) is 6.92 Å². The summed E-state index contributed by atoms with van der Waals surface area (Å²) in [7, 11) is 2.03. The van der Waals surface area contributed by atoms with Crippen molar-refractivity contribution in [1.29, 1.82) is 0 Å². The first kappa shape index (κ1) is 15.4. The van der Waals surface area contributed by atoms with E-state index < -0.39 is 10.8 Å². The van der Waals surface area contributed by atoms with E-state index in [0.717, 1.165) is 15.9 Å². The molecule has 0 amide bonds. The third-order valence-electron chi connectivity index (χ3n) is 2.60. The maximum absolute atomic E-state index is 12.0. The van der Waals surface area contributed by atoms with Crippen LogP contribution < -0.4 is 0 Å². The molecule has 0 aliphatic carbocycles. The summed E-state index contributed by atoms with van der Waals surface area (Å²) in [6.07, 6.45) is 0. The van der Waals surface area contributed by atoms with Gasteiger partial charge in [0, 0.05) is 23.6 Å². The number of methoxy groups -OCH3 is 1. The van der Waals surface area contributed by atoms with Gasteiger partial charge in [0.2, 0.25) is 0 Å². The van der Waals surface area contributed by atoms with Crippen LogP contribution >= 0.6 is 15.9 Å². The predicted molar refractivity (Wildman–Crippen MR) is 73.5 cm³/mol. The minimum absolute atomic E-state index is 0.295. The van der Waals surface area contributed by atoms with Crippen LogP contribution in [0.5, 0.6) is 0 Å². The Bertz CT molecular complexity index is 473. The summed E-state index contributed by atoms with van der Waals surface area (Å²) in [6.45, 7) is 3.60. The van der Waals surface area contributed by atoms with E-state index in [1.54, 1.807) is 11.6 Å². The smallest absolute Gasteiger partial charge is 0.309 e. The summed E-state index contributed by atoms with van der Waals surface area (Å²) < 4.78 is 19.2. The van der Waals surface area contributed by atoms with E-state index in [4.69, 9.17) is 0 Å². The number of hydrogen-bond donors (Lipinski definition) is 0. The van der Waals surface area contributed by atoms with Crippen LogP contribution in [-0.2, 0) is 33.1 Å². The molecular weight excluding hydrogens is 320 g/mol. The van der Waals surface area contributed by atoms with Crippen LogP contribution in [0.4, 0.5) is 0 Å². The van der Waals surface area contributed by atoms with Crippen LogP contribution in [0.15, 0.2) is 4.47 Å².